The van der Waals surface area contributed by atoms with Crippen molar-refractivity contribution in [2.24, 2.45) is 11.8 Å². The van der Waals surface area contributed by atoms with Gasteiger partial charge in [-0.05, 0) is 31.1 Å². The molecule has 0 aromatic carbocycles. The maximum Gasteiger partial charge on any atom is 0.0209 e. The molecule has 0 amide bonds. The summed E-state index contributed by atoms with van der Waals surface area (Å²) in [5, 5.41) is 3.71. The lowest BCUT2D eigenvalue weighted by Gasteiger charge is -2.40. The van der Waals surface area contributed by atoms with E-state index in [0.29, 0.717) is 6.04 Å². The number of likely N-dealkylation sites (tertiary alicyclic amines) is 1. The van der Waals surface area contributed by atoms with Crippen LogP contribution in [0.2, 0.25) is 0 Å². The van der Waals surface area contributed by atoms with Crippen molar-refractivity contribution in [2.75, 3.05) is 13.1 Å². The van der Waals surface area contributed by atoms with Gasteiger partial charge in [-0.3, -0.25) is 4.90 Å². The van der Waals surface area contributed by atoms with Crippen molar-refractivity contribution < 1.29 is 0 Å². The van der Waals surface area contributed by atoms with Crippen LogP contribution in [0.15, 0.2) is 0 Å². The zero-order chi connectivity index (χ0) is 13.1. The van der Waals surface area contributed by atoms with Crippen molar-refractivity contribution >= 4 is 0 Å². The van der Waals surface area contributed by atoms with Crippen LogP contribution in [0.1, 0.15) is 59.8 Å². The third-order valence-electron chi connectivity index (χ3n) is 4.90. The van der Waals surface area contributed by atoms with Crippen LogP contribution < -0.4 is 5.32 Å². The summed E-state index contributed by atoms with van der Waals surface area (Å²) < 4.78 is 0. The van der Waals surface area contributed by atoms with Gasteiger partial charge in [0.25, 0.3) is 0 Å². The minimum absolute atomic E-state index is 0.627. The van der Waals surface area contributed by atoms with Crippen LogP contribution in [0.25, 0.3) is 0 Å². The zero-order valence-corrected chi connectivity index (χ0v) is 12.8. The molecule has 0 radical (unpaired) electrons. The van der Waals surface area contributed by atoms with Crippen molar-refractivity contribution in [3.8, 4) is 0 Å². The Hall–Kier alpha value is -0.0800. The molecule has 0 spiro atoms. The van der Waals surface area contributed by atoms with Gasteiger partial charge in [-0.15, -0.1) is 0 Å². The van der Waals surface area contributed by atoms with E-state index in [1.807, 2.05) is 0 Å². The number of hydrogen-bond donors (Lipinski definition) is 1. The molecule has 3 unspecified atom stereocenters. The Morgan fingerprint density at radius 3 is 2.39 bits per heavy atom. The Bertz CT molecular complexity index is 249. The molecule has 2 nitrogen and oxygen atoms in total. The van der Waals surface area contributed by atoms with E-state index in [0.717, 1.165) is 23.9 Å². The zero-order valence-electron chi connectivity index (χ0n) is 12.8. The topological polar surface area (TPSA) is 15.3 Å². The average molecular weight is 252 g/mol. The van der Waals surface area contributed by atoms with Gasteiger partial charge in [-0.2, -0.15) is 0 Å². The van der Waals surface area contributed by atoms with Gasteiger partial charge in [0.1, 0.15) is 0 Å². The fourth-order valence-electron chi connectivity index (χ4n) is 4.07. The van der Waals surface area contributed by atoms with E-state index in [1.165, 1.54) is 45.2 Å². The van der Waals surface area contributed by atoms with Gasteiger partial charge in [0.2, 0.25) is 0 Å². The van der Waals surface area contributed by atoms with E-state index in [-0.39, 0.29) is 0 Å². The van der Waals surface area contributed by atoms with Gasteiger partial charge in [-0.1, -0.05) is 40.5 Å². The molecular formula is C16H32N2. The van der Waals surface area contributed by atoms with E-state index < -0.39 is 0 Å². The van der Waals surface area contributed by atoms with E-state index >= 15 is 0 Å². The number of nitrogens with one attached hydrogen (secondary N) is 1. The summed E-state index contributed by atoms with van der Waals surface area (Å²) in [6, 6.07) is 2.24. The summed E-state index contributed by atoms with van der Waals surface area (Å²) in [5.41, 5.74) is 0. The van der Waals surface area contributed by atoms with Crippen LogP contribution in [0.4, 0.5) is 0 Å². The van der Waals surface area contributed by atoms with Crippen molar-refractivity contribution in [2.45, 2.75) is 77.9 Å². The Kier molecular flexibility index (Phi) is 5.08. The van der Waals surface area contributed by atoms with Crippen LogP contribution in [0.5, 0.6) is 0 Å². The van der Waals surface area contributed by atoms with Gasteiger partial charge >= 0.3 is 0 Å². The van der Waals surface area contributed by atoms with E-state index in [2.05, 4.69) is 37.9 Å². The molecule has 0 aromatic heterocycles. The Morgan fingerprint density at radius 2 is 1.72 bits per heavy atom. The second-order valence-electron chi connectivity index (χ2n) is 7.06. The highest BCUT2D eigenvalue weighted by Crippen LogP contribution is 2.35. The first-order valence-corrected chi connectivity index (χ1v) is 8.08. The Morgan fingerprint density at radius 1 is 1.00 bits per heavy atom. The molecule has 2 fully saturated rings. The molecule has 0 aromatic rings. The van der Waals surface area contributed by atoms with Crippen LogP contribution in [-0.2, 0) is 0 Å². The van der Waals surface area contributed by atoms with Gasteiger partial charge < -0.3 is 5.32 Å². The van der Waals surface area contributed by atoms with Crippen molar-refractivity contribution in [1.82, 2.24) is 10.2 Å². The predicted octanol–water partition coefficient (Wildman–Crippen LogP) is 3.27. The lowest BCUT2D eigenvalue weighted by atomic mass is 9.77. The number of hydrogen-bond acceptors (Lipinski definition) is 2. The SMILES string of the molecule is CC(C)NC1CCN(C2CCCCC2C(C)C)C1. The van der Waals surface area contributed by atoms with E-state index in [9.17, 15) is 0 Å². The fraction of sp³-hybridized carbons (Fsp3) is 1.00. The molecule has 1 N–H and O–H groups in total. The summed E-state index contributed by atoms with van der Waals surface area (Å²) in [6.45, 7) is 12.0. The summed E-state index contributed by atoms with van der Waals surface area (Å²) in [4.78, 5) is 2.80. The quantitative estimate of drug-likeness (QED) is 0.826. The molecule has 18 heavy (non-hydrogen) atoms. The molecule has 1 aliphatic carbocycles. The van der Waals surface area contributed by atoms with Gasteiger partial charge in [0, 0.05) is 31.2 Å². The molecule has 1 aliphatic heterocycles. The minimum atomic E-state index is 0.627. The van der Waals surface area contributed by atoms with Crippen LogP contribution in [0, 0.1) is 11.8 Å². The molecule has 1 saturated heterocycles. The number of nitrogens with zero attached hydrogens (tertiary/aromatic N) is 1. The van der Waals surface area contributed by atoms with Crippen LogP contribution >= 0.6 is 0 Å². The Balaban J connectivity index is 1.90. The fourth-order valence-corrected chi connectivity index (χ4v) is 4.07. The maximum absolute atomic E-state index is 3.71. The van der Waals surface area contributed by atoms with Crippen molar-refractivity contribution in [3.63, 3.8) is 0 Å². The highest BCUT2D eigenvalue weighted by Gasteiger charge is 2.35. The first kappa shape index (κ1) is 14.3. The molecule has 2 heteroatoms. The van der Waals surface area contributed by atoms with Gasteiger partial charge in [0.05, 0.1) is 0 Å². The molecule has 0 bridgehead atoms. The van der Waals surface area contributed by atoms with Crippen molar-refractivity contribution in [1.29, 1.82) is 0 Å². The average Bonchev–Trinajstić information content (AvgIpc) is 2.76. The maximum atomic E-state index is 3.71. The smallest absolute Gasteiger partial charge is 0.0209 e. The predicted molar refractivity (Wildman–Crippen MR) is 78.8 cm³/mol. The highest BCUT2D eigenvalue weighted by atomic mass is 15.2. The first-order chi connectivity index (χ1) is 8.58. The second-order valence-corrected chi connectivity index (χ2v) is 7.06. The van der Waals surface area contributed by atoms with Crippen molar-refractivity contribution in [3.05, 3.63) is 0 Å². The second kappa shape index (κ2) is 6.38. The molecule has 2 aliphatic rings. The third kappa shape index (κ3) is 3.48. The molecule has 1 saturated carbocycles. The molecule has 3 atom stereocenters. The summed E-state index contributed by atoms with van der Waals surface area (Å²) in [5.74, 6) is 1.80. The first-order valence-electron chi connectivity index (χ1n) is 8.08. The van der Waals surface area contributed by atoms with Gasteiger partial charge in [-0.25, -0.2) is 0 Å². The highest BCUT2D eigenvalue weighted by molar-refractivity contribution is 4.91. The van der Waals surface area contributed by atoms with E-state index in [1.54, 1.807) is 0 Å². The molecule has 1 heterocycles. The molecular weight excluding hydrogens is 220 g/mol. The largest absolute Gasteiger partial charge is 0.310 e. The minimum Gasteiger partial charge on any atom is -0.310 e. The molecule has 106 valence electrons. The third-order valence-corrected chi connectivity index (χ3v) is 4.90. The van der Waals surface area contributed by atoms with Crippen LogP contribution in [0.3, 0.4) is 0 Å². The van der Waals surface area contributed by atoms with Gasteiger partial charge in [0.15, 0.2) is 0 Å². The lowest BCUT2D eigenvalue weighted by Crippen LogP contribution is -2.45. The summed E-state index contributed by atoms with van der Waals surface area (Å²) >= 11 is 0. The standard InChI is InChI=1S/C16H32N2/c1-12(2)15-7-5-6-8-16(15)18-10-9-14(11-18)17-13(3)4/h12-17H,5-11H2,1-4H3. The Labute approximate surface area is 114 Å². The lowest BCUT2D eigenvalue weighted by molar-refractivity contribution is 0.0966. The van der Waals surface area contributed by atoms with E-state index in [4.69, 9.17) is 0 Å². The van der Waals surface area contributed by atoms with Crippen LogP contribution in [-0.4, -0.2) is 36.1 Å². The summed E-state index contributed by atoms with van der Waals surface area (Å²) in [7, 11) is 0. The monoisotopic (exact) mass is 252 g/mol. The molecule has 2 rings (SSSR count). The number of rotatable bonds is 4. The summed E-state index contributed by atoms with van der Waals surface area (Å²) in [6.07, 6.45) is 7.16. The normalized spacial score (nSPS) is 34.7.